The fourth-order valence-electron chi connectivity index (χ4n) is 1.31. The van der Waals surface area contributed by atoms with Crippen molar-refractivity contribution in [1.29, 1.82) is 0 Å². The first-order chi connectivity index (χ1) is 7.99. The van der Waals surface area contributed by atoms with Crippen LogP contribution in [0.4, 0.5) is 0 Å². The van der Waals surface area contributed by atoms with Crippen LogP contribution < -0.4 is 0 Å². The molecule has 1 heterocycles. The van der Waals surface area contributed by atoms with Crippen molar-refractivity contribution in [3.63, 3.8) is 0 Å². The summed E-state index contributed by atoms with van der Waals surface area (Å²) >= 11 is 9.54. The lowest BCUT2D eigenvalue weighted by atomic mass is 10.2. The highest BCUT2D eigenvalue weighted by atomic mass is 79.9. The van der Waals surface area contributed by atoms with Crippen molar-refractivity contribution in [1.82, 2.24) is 4.90 Å². The highest BCUT2D eigenvalue weighted by Crippen LogP contribution is 2.32. The first-order valence-corrected chi connectivity index (χ1v) is 6.71. The van der Waals surface area contributed by atoms with E-state index in [0.29, 0.717) is 13.7 Å². The van der Waals surface area contributed by atoms with Crippen LogP contribution in [0.1, 0.15) is 5.56 Å². The van der Waals surface area contributed by atoms with Gasteiger partial charge in [-0.1, -0.05) is 30.0 Å². The Balaban J connectivity index is 2.34. The molecule has 1 saturated heterocycles. The van der Waals surface area contributed by atoms with Crippen LogP contribution in [0.3, 0.4) is 0 Å². The molecule has 6 heteroatoms. The third kappa shape index (κ3) is 2.53. The average molecular weight is 330 g/mol. The standard InChI is InChI=1S/C11H8BrNO2S2/c1-13-10(15)9(17-11(13)16)5-6-2-3-8(14)7(12)4-6/h2-5,14H,1H3/b9-5-. The van der Waals surface area contributed by atoms with Crippen molar-refractivity contribution in [3.05, 3.63) is 33.1 Å². The minimum absolute atomic E-state index is 0.0933. The molecule has 0 spiro atoms. The van der Waals surface area contributed by atoms with E-state index in [9.17, 15) is 9.90 Å². The lowest BCUT2D eigenvalue weighted by Gasteiger charge is -2.03. The lowest BCUT2D eigenvalue weighted by molar-refractivity contribution is -0.121. The molecular weight excluding hydrogens is 322 g/mol. The summed E-state index contributed by atoms with van der Waals surface area (Å²) in [6.07, 6.45) is 1.76. The van der Waals surface area contributed by atoms with E-state index in [0.717, 1.165) is 5.56 Å². The molecule has 0 aliphatic carbocycles. The molecule has 17 heavy (non-hydrogen) atoms. The van der Waals surface area contributed by atoms with Crippen molar-refractivity contribution < 1.29 is 9.90 Å². The Labute approximate surface area is 117 Å². The van der Waals surface area contributed by atoms with Crippen molar-refractivity contribution in [2.24, 2.45) is 0 Å². The Morgan fingerprint density at radius 3 is 2.76 bits per heavy atom. The van der Waals surface area contributed by atoms with Gasteiger partial charge in [0.25, 0.3) is 5.91 Å². The number of hydrogen-bond donors (Lipinski definition) is 1. The van der Waals surface area contributed by atoms with E-state index in [-0.39, 0.29) is 11.7 Å². The second-order valence-electron chi connectivity index (χ2n) is 3.45. The van der Waals surface area contributed by atoms with Crippen LogP contribution in [-0.2, 0) is 4.79 Å². The van der Waals surface area contributed by atoms with Gasteiger partial charge >= 0.3 is 0 Å². The molecule has 0 bridgehead atoms. The summed E-state index contributed by atoms with van der Waals surface area (Å²) < 4.78 is 1.15. The van der Waals surface area contributed by atoms with Gasteiger partial charge in [0, 0.05) is 7.05 Å². The van der Waals surface area contributed by atoms with Gasteiger partial charge in [0.1, 0.15) is 10.1 Å². The molecule has 2 rings (SSSR count). The van der Waals surface area contributed by atoms with Crippen LogP contribution in [0.5, 0.6) is 5.75 Å². The van der Waals surface area contributed by atoms with Gasteiger partial charge in [-0.3, -0.25) is 9.69 Å². The third-order valence-electron chi connectivity index (χ3n) is 2.26. The van der Waals surface area contributed by atoms with Crippen LogP contribution >= 0.6 is 39.9 Å². The van der Waals surface area contributed by atoms with Crippen LogP contribution in [-0.4, -0.2) is 27.3 Å². The predicted molar refractivity (Wildman–Crippen MR) is 76.7 cm³/mol. The third-order valence-corrected chi connectivity index (χ3v) is 4.38. The molecule has 1 aliphatic rings. The summed E-state index contributed by atoms with van der Waals surface area (Å²) in [6.45, 7) is 0. The number of thioether (sulfide) groups is 1. The van der Waals surface area contributed by atoms with Crippen molar-refractivity contribution in [2.45, 2.75) is 0 Å². The van der Waals surface area contributed by atoms with Gasteiger partial charge in [-0.05, 0) is 39.7 Å². The van der Waals surface area contributed by atoms with Crippen molar-refractivity contribution >= 4 is 56.2 Å². The Bertz CT molecular complexity index is 542. The summed E-state index contributed by atoms with van der Waals surface area (Å²) in [5.41, 5.74) is 0.837. The van der Waals surface area contributed by atoms with Gasteiger partial charge in [0.05, 0.1) is 9.38 Å². The van der Waals surface area contributed by atoms with Gasteiger partial charge < -0.3 is 5.11 Å². The van der Waals surface area contributed by atoms with Gasteiger partial charge in [-0.2, -0.15) is 0 Å². The summed E-state index contributed by atoms with van der Waals surface area (Å²) in [6, 6.07) is 5.06. The Morgan fingerprint density at radius 1 is 1.53 bits per heavy atom. The fourth-order valence-corrected chi connectivity index (χ4v) is 2.89. The predicted octanol–water partition coefficient (Wildman–Crippen LogP) is 2.99. The van der Waals surface area contributed by atoms with Gasteiger partial charge in [-0.25, -0.2) is 0 Å². The molecule has 1 amide bonds. The van der Waals surface area contributed by atoms with E-state index in [1.807, 2.05) is 0 Å². The molecule has 0 saturated carbocycles. The van der Waals surface area contributed by atoms with Gasteiger partial charge in [0.15, 0.2) is 0 Å². The number of carbonyl (C=O) groups is 1. The summed E-state index contributed by atoms with van der Waals surface area (Å²) in [5.74, 6) is 0.0781. The molecule has 0 aromatic heterocycles. The number of hydrogen-bond acceptors (Lipinski definition) is 4. The zero-order chi connectivity index (χ0) is 12.6. The summed E-state index contributed by atoms with van der Waals surface area (Å²) in [7, 11) is 1.66. The molecular formula is C11H8BrNO2S2. The minimum atomic E-state index is -0.0933. The zero-order valence-electron chi connectivity index (χ0n) is 8.81. The van der Waals surface area contributed by atoms with Crippen LogP contribution in [0.25, 0.3) is 6.08 Å². The van der Waals surface area contributed by atoms with E-state index in [4.69, 9.17) is 12.2 Å². The number of phenolic OH excluding ortho intramolecular Hbond substituents is 1. The maximum absolute atomic E-state index is 11.8. The average Bonchev–Trinajstić information content (AvgIpc) is 2.52. The molecule has 0 unspecified atom stereocenters. The van der Waals surface area contributed by atoms with Crippen molar-refractivity contribution in [3.8, 4) is 5.75 Å². The SMILES string of the molecule is CN1C(=O)/C(=C/c2ccc(O)c(Br)c2)SC1=S. The number of benzene rings is 1. The van der Waals surface area contributed by atoms with E-state index in [2.05, 4.69) is 15.9 Å². The number of phenols is 1. The van der Waals surface area contributed by atoms with E-state index in [1.54, 1.807) is 31.3 Å². The normalized spacial score (nSPS) is 18.2. The first-order valence-electron chi connectivity index (χ1n) is 4.69. The molecule has 1 aromatic carbocycles. The largest absolute Gasteiger partial charge is 0.507 e. The topological polar surface area (TPSA) is 40.5 Å². The second kappa shape index (κ2) is 4.80. The highest BCUT2D eigenvalue weighted by Gasteiger charge is 2.28. The number of carbonyl (C=O) groups excluding carboxylic acids is 1. The number of rotatable bonds is 1. The van der Waals surface area contributed by atoms with E-state index in [1.165, 1.54) is 16.7 Å². The second-order valence-corrected chi connectivity index (χ2v) is 5.98. The van der Waals surface area contributed by atoms with E-state index >= 15 is 0 Å². The fraction of sp³-hybridized carbons (Fsp3) is 0.0909. The highest BCUT2D eigenvalue weighted by molar-refractivity contribution is 9.10. The molecule has 0 atom stereocenters. The quantitative estimate of drug-likeness (QED) is 0.635. The number of nitrogens with zero attached hydrogens (tertiary/aromatic N) is 1. The van der Waals surface area contributed by atoms with E-state index < -0.39 is 0 Å². The number of halogens is 1. The number of aromatic hydroxyl groups is 1. The maximum atomic E-state index is 11.8. The molecule has 1 aromatic rings. The first kappa shape index (κ1) is 12.6. The summed E-state index contributed by atoms with van der Waals surface area (Å²) in [4.78, 5) is 13.8. The molecule has 1 fully saturated rings. The maximum Gasteiger partial charge on any atom is 0.265 e. The number of amides is 1. The smallest absolute Gasteiger partial charge is 0.265 e. The van der Waals surface area contributed by atoms with Gasteiger partial charge in [0.2, 0.25) is 0 Å². The minimum Gasteiger partial charge on any atom is -0.507 e. The van der Waals surface area contributed by atoms with Gasteiger partial charge in [-0.15, -0.1) is 0 Å². The van der Waals surface area contributed by atoms with Crippen molar-refractivity contribution in [2.75, 3.05) is 7.05 Å². The summed E-state index contributed by atoms with van der Waals surface area (Å²) in [5, 5.41) is 9.37. The monoisotopic (exact) mass is 329 g/mol. The Hall–Kier alpha value is -0.850. The Morgan fingerprint density at radius 2 is 2.24 bits per heavy atom. The molecule has 1 aliphatic heterocycles. The number of likely N-dealkylation sites (N-methyl/N-ethyl adjacent to an activating group) is 1. The molecule has 3 nitrogen and oxygen atoms in total. The Kier molecular flexibility index (Phi) is 3.56. The molecule has 1 N–H and O–H groups in total. The molecule has 88 valence electrons. The van der Waals surface area contributed by atoms with Crippen LogP contribution in [0.2, 0.25) is 0 Å². The zero-order valence-corrected chi connectivity index (χ0v) is 12.0. The van der Waals surface area contributed by atoms with Crippen LogP contribution in [0, 0.1) is 0 Å². The lowest BCUT2D eigenvalue weighted by Crippen LogP contribution is -2.22. The number of thiocarbonyl (C=S) groups is 1. The molecule has 0 radical (unpaired) electrons. The van der Waals surface area contributed by atoms with Crippen LogP contribution in [0.15, 0.2) is 27.6 Å².